The zero-order valence-corrected chi connectivity index (χ0v) is 12.1. The first-order valence-electron chi connectivity index (χ1n) is 7.19. The highest BCUT2D eigenvalue weighted by Crippen LogP contribution is 2.19. The molecule has 2 aromatic rings. The lowest BCUT2D eigenvalue weighted by molar-refractivity contribution is 0.152. The van der Waals surface area contributed by atoms with Crippen LogP contribution in [0.1, 0.15) is 12.1 Å². The molecular formula is C16H19FN2O2. The first-order valence-corrected chi connectivity index (χ1v) is 7.19. The number of pyridine rings is 1. The largest absolute Gasteiger partial charge is 0.384 e. The van der Waals surface area contributed by atoms with Crippen LogP contribution in [0.15, 0.2) is 29.1 Å². The molecule has 4 nitrogen and oxygen atoms in total. The second kappa shape index (κ2) is 5.95. The van der Waals surface area contributed by atoms with Crippen LogP contribution in [0, 0.1) is 11.7 Å². The number of likely N-dealkylation sites (tertiary alicyclic amines) is 1. The first-order chi connectivity index (χ1) is 10.2. The molecular weight excluding hydrogens is 271 g/mol. The molecule has 0 radical (unpaired) electrons. The quantitative estimate of drug-likeness (QED) is 0.938. The van der Waals surface area contributed by atoms with Crippen molar-refractivity contribution in [2.24, 2.45) is 5.92 Å². The standard InChI is InChI=1S/C16H19FN2O2/c1-21-10-11-5-6-19(8-11)9-12-7-15(20)13-3-2-4-14(17)16(13)18-12/h2-4,7,11H,5-6,8-10H2,1H3,(H,18,20). The number of aromatic amines is 1. The van der Waals surface area contributed by atoms with Crippen molar-refractivity contribution in [2.75, 3.05) is 26.8 Å². The fraction of sp³-hybridized carbons (Fsp3) is 0.438. The van der Waals surface area contributed by atoms with Crippen molar-refractivity contribution in [1.29, 1.82) is 0 Å². The Hall–Kier alpha value is -1.72. The fourth-order valence-corrected chi connectivity index (χ4v) is 3.04. The van der Waals surface area contributed by atoms with Crippen molar-refractivity contribution in [3.63, 3.8) is 0 Å². The van der Waals surface area contributed by atoms with Gasteiger partial charge in [0.15, 0.2) is 5.43 Å². The minimum absolute atomic E-state index is 0.133. The molecule has 1 aliphatic heterocycles. The second-order valence-electron chi connectivity index (χ2n) is 5.67. The molecule has 0 aliphatic carbocycles. The number of halogens is 1. The van der Waals surface area contributed by atoms with Gasteiger partial charge in [0.05, 0.1) is 12.1 Å². The molecule has 1 aromatic heterocycles. The van der Waals surface area contributed by atoms with E-state index in [9.17, 15) is 9.18 Å². The summed E-state index contributed by atoms with van der Waals surface area (Å²) >= 11 is 0. The number of ether oxygens (including phenoxy) is 1. The van der Waals surface area contributed by atoms with Gasteiger partial charge in [0.2, 0.25) is 0 Å². The third-order valence-corrected chi connectivity index (χ3v) is 4.04. The van der Waals surface area contributed by atoms with Crippen LogP contribution in [-0.4, -0.2) is 36.7 Å². The van der Waals surface area contributed by atoms with Gasteiger partial charge in [-0.25, -0.2) is 4.39 Å². The zero-order valence-electron chi connectivity index (χ0n) is 12.1. The smallest absolute Gasteiger partial charge is 0.189 e. The van der Waals surface area contributed by atoms with Crippen LogP contribution in [-0.2, 0) is 11.3 Å². The molecule has 0 saturated carbocycles. The molecule has 1 N–H and O–H groups in total. The summed E-state index contributed by atoms with van der Waals surface area (Å²) in [5.74, 6) is 0.157. The van der Waals surface area contributed by atoms with Gasteiger partial charge in [-0.2, -0.15) is 0 Å². The van der Waals surface area contributed by atoms with E-state index in [2.05, 4.69) is 9.88 Å². The average Bonchev–Trinajstić information content (AvgIpc) is 2.88. The molecule has 1 unspecified atom stereocenters. The Labute approximate surface area is 122 Å². The number of fused-ring (bicyclic) bond motifs is 1. The Balaban J connectivity index is 1.82. The number of methoxy groups -OCH3 is 1. The number of rotatable bonds is 4. The summed E-state index contributed by atoms with van der Waals surface area (Å²) in [5.41, 5.74) is 0.925. The van der Waals surface area contributed by atoms with Crippen molar-refractivity contribution in [2.45, 2.75) is 13.0 Å². The van der Waals surface area contributed by atoms with Gasteiger partial charge in [-0.05, 0) is 31.0 Å². The van der Waals surface area contributed by atoms with Gasteiger partial charge in [0.1, 0.15) is 5.82 Å². The SMILES string of the molecule is COCC1CCN(Cc2cc(=O)c3cccc(F)c3[nH]2)C1. The minimum atomic E-state index is -0.384. The van der Waals surface area contributed by atoms with Crippen molar-refractivity contribution in [3.05, 3.63) is 46.0 Å². The van der Waals surface area contributed by atoms with Gasteiger partial charge in [-0.3, -0.25) is 9.69 Å². The van der Waals surface area contributed by atoms with E-state index in [1.165, 1.54) is 6.07 Å². The average molecular weight is 290 g/mol. The molecule has 21 heavy (non-hydrogen) atoms. The molecule has 0 amide bonds. The van der Waals surface area contributed by atoms with Crippen LogP contribution in [0.5, 0.6) is 0 Å². The maximum Gasteiger partial charge on any atom is 0.189 e. The second-order valence-corrected chi connectivity index (χ2v) is 5.67. The fourth-order valence-electron chi connectivity index (χ4n) is 3.04. The topological polar surface area (TPSA) is 45.3 Å². The van der Waals surface area contributed by atoms with E-state index in [0.29, 0.717) is 23.4 Å². The van der Waals surface area contributed by atoms with Gasteiger partial charge in [-0.15, -0.1) is 0 Å². The molecule has 112 valence electrons. The van der Waals surface area contributed by atoms with E-state index >= 15 is 0 Å². The molecule has 1 aromatic carbocycles. The molecule has 1 saturated heterocycles. The van der Waals surface area contributed by atoms with Crippen molar-refractivity contribution in [3.8, 4) is 0 Å². The number of hydrogen-bond acceptors (Lipinski definition) is 3. The Bertz CT molecular complexity index is 698. The van der Waals surface area contributed by atoms with Crippen LogP contribution in [0.4, 0.5) is 4.39 Å². The molecule has 3 rings (SSSR count). The van der Waals surface area contributed by atoms with E-state index in [1.54, 1.807) is 25.3 Å². The summed E-state index contributed by atoms with van der Waals surface area (Å²) in [7, 11) is 1.71. The summed E-state index contributed by atoms with van der Waals surface area (Å²) < 4.78 is 19.0. The monoisotopic (exact) mass is 290 g/mol. The summed E-state index contributed by atoms with van der Waals surface area (Å²) in [6, 6.07) is 6.14. The van der Waals surface area contributed by atoms with Gasteiger partial charge in [0.25, 0.3) is 0 Å². The number of aromatic nitrogens is 1. The van der Waals surface area contributed by atoms with Gasteiger partial charge in [-0.1, -0.05) is 6.07 Å². The number of nitrogens with zero attached hydrogens (tertiary/aromatic N) is 1. The zero-order chi connectivity index (χ0) is 14.8. The molecule has 1 fully saturated rings. The van der Waals surface area contributed by atoms with Crippen LogP contribution in [0.25, 0.3) is 10.9 Å². The maximum absolute atomic E-state index is 13.8. The van der Waals surface area contributed by atoms with Gasteiger partial charge in [0, 0.05) is 37.3 Å². The van der Waals surface area contributed by atoms with E-state index in [0.717, 1.165) is 31.8 Å². The van der Waals surface area contributed by atoms with E-state index in [4.69, 9.17) is 4.74 Å². The van der Waals surface area contributed by atoms with Crippen molar-refractivity contribution < 1.29 is 9.13 Å². The Morgan fingerprint density at radius 3 is 3.14 bits per heavy atom. The van der Waals surface area contributed by atoms with E-state index in [1.807, 2.05) is 0 Å². The maximum atomic E-state index is 13.8. The third kappa shape index (κ3) is 2.99. The Kier molecular flexibility index (Phi) is 4.03. The molecule has 1 aliphatic rings. The van der Waals surface area contributed by atoms with Crippen LogP contribution in [0.3, 0.4) is 0 Å². The van der Waals surface area contributed by atoms with Crippen LogP contribution >= 0.6 is 0 Å². The number of nitrogens with one attached hydrogen (secondary N) is 1. The highest BCUT2D eigenvalue weighted by Gasteiger charge is 2.22. The van der Waals surface area contributed by atoms with Crippen molar-refractivity contribution in [1.82, 2.24) is 9.88 Å². The van der Waals surface area contributed by atoms with Crippen molar-refractivity contribution >= 4 is 10.9 Å². The lowest BCUT2D eigenvalue weighted by Gasteiger charge is -2.16. The Morgan fingerprint density at radius 2 is 2.33 bits per heavy atom. The number of hydrogen-bond donors (Lipinski definition) is 1. The summed E-state index contributed by atoms with van der Waals surface area (Å²) in [5, 5.41) is 0.400. The highest BCUT2D eigenvalue weighted by atomic mass is 19.1. The molecule has 0 bridgehead atoms. The normalized spacial score (nSPS) is 19.4. The third-order valence-electron chi connectivity index (χ3n) is 4.04. The molecule has 2 heterocycles. The van der Waals surface area contributed by atoms with Gasteiger partial charge >= 0.3 is 0 Å². The predicted octanol–water partition coefficient (Wildman–Crippen LogP) is 2.14. The highest BCUT2D eigenvalue weighted by molar-refractivity contribution is 5.78. The van der Waals surface area contributed by atoms with Gasteiger partial charge < -0.3 is 9.72 Å². The van der Waals surface area contributed by atoms with Crippen LogP contribution in [0.2, 0.25) is 0 Å². The molecule has 5 heteroatoms. The van der Waals surface area contributed by atoms with E-state index < -0.39 is 0 Å². The minimum Gasteiger partial charge on any atom is -0.384 e. The van der Waals surface area contributed by atoms with Crippen LogP contribution < -0.4 is 5.43 Å². The first kappa shape index (κ1) is 14.2. The number of H-pyrrole nitrogens is 1. The summed E-state index contributed by atoms with van der Waals surface area (Å²) in [4.78, 5) is 17.4. The summed E-state index contributed by atoms with van der Waals surface area (Å²) in [6.45, 7) is 3.33. The molecule has 0 spiro atoms. The summed E-state index contributed by atoms with van der Waals surface area (Å²) in [6.07, 6.45) is 1.10. The van der Waals surface area contributed by atoms with E-state index in [-0.39, 0.29) is 11.2 Å². The Morgan fingerprint density at radius 1 is 1.48 bits per heavy atom. The lowest BCUT2D eigenvalue weighted by atomic mass is 10.1. The number of para-hydroxylation sites is 1. The lowest BCUT2D eigenvalue weighted by Crippen LogP contribution is -2.23. The predicted molar refractivity (Wildman–Crippen MR) is 79.8 cm³/mol. The molecule has 1 atom stereocenters. The number of benzene rings is 1.